The Balaban J connectivity index is 2.22. The number of para-hydroxylation sites is 1. The van der Waals surface area contributed by atoms with E-state index in [-0.39, 0.29) is 5.95 Å². The van der Waals surface area contributed by atoms with Crippen LogP contribution in [0.3, 0.4) is 0 Å². The molecule has 0 fully saturated rings. The zero-order chi connectivity index (χ0) is 11.4. The summed E-state index contributed by atoms with van der Waals surface area (Å²) in [7, 11) is 0. The Morgan fingerprint density at radius 2 is 2.25 bits per heavy atom. The number of hydrogen-bond donors (Lipinski definition) is 1. The molecule has 1 aromatic carbocycles. The number of nitrogens with zero attached hydrogens (tertiary/aromatic N) is 2. The van der Waals surface area contributed by atoms with Gasteiger partial charge in [0.05, 0.1) is 12.1 Å². The Morgan fingerprint density at radius 1 is 1.44 bits per heavy atom. The number of ether oxygens (including phenoxy) is 1. The first-order valence-electron chi connectivity index (χ1n) is 4.95. The quantitative estimate of drug-likeness (QED) is 0.837. The molecular formula is C11H11N3O2. The highest BCUT2D eigenvalue weighted by atomic mass is 16.5. The fourth-order valence-corrected chi connectivity index (χ4v) is 1.29. The van der Waals surface area contributed by atoms with Gasteiger partial charge in [-0.25, -0.2) is 14.8 Å². The smallest absolute Gasteiger partial charge is 0.414 e. The van der Waals surface area contributed by atoms with Crippen LogP contribution in [0.2, 0.25) is 0 Å². The predicted octanol–water partition coefficient (Wildman–Crippen LogP) is 2.20. The van der Waals surface area contributed by atoms with Gasteiger partial charge in [-0.1, -0.05) is 18.2 Å². The Labute approximate surface area is 92.5 Å². The lowest BCUT2D eigenvalue weighted by Crippen LogP contribution is -2.15. The van der Waals surface area contributed by atoms with E-state index >= 15 is 0 Å². The number of rotatable bonds is 2. The molecule has 5 nitrogen and oxygen atoms in total. The van der Waals surface area contributed by atoms with Crippen LogP contribution in [-0.2, 0) is 4.74 Å². The highest BCUT2D eigenvalue weighted by Crippen LogP contribution is 2.11. The van der Waals surface area contributed by atoms with E-state index < -0.39 is 6.09 Å². The molecular weight excluding hydrogens is 206 g/mol. The van der Waals surface area contributed by atoms with Gasteiger partial charge < -0.3 is 4.74 Å². The highest BCUT2D eigenvalue weighted by molar-refractivity contribution is 5.84. The van der Waals surface area contributed by atoms with E-state index in [0.717, 1.165) is 10.9 Å². The molecule has 0 unspecified atom stereocenters. The molecule has 0 bridgehead atoms. The first kappa shape index (κ1) is 10.4. The zero-order valence-electron chi connectivity index (χ0n) is 8.80. The maximum atomic E-state index is 11.1. The van der Waals surface area contributed by atoms with Crippen LogP contribution in [0.1, 0.15) is 6.92 Å². The Hall–Kier alpha value is -2.17. The van der Waals surface area contributed by atoms with Gasteiger partial charge in [-0.15, -0.1) is 0 Å². The first-order chi connectivity index (χ1) is 7.79. The van der Waals surface area contributed by atoms with Gasteiger partial charge in [0.15, 0.2) is 0 Å². The van der Waals surface area contributed by atoms with Crippen molar-refractivity contribution < 1.29 is 9.53 Å². The van der Waals surface area contributed by atoms with Crippen molar-refractivity contribution in [3.05, 3.63) is 30.5 Å². The molecule has 0 aliphatic rings. The number of fused-ring (bicyclic) bond motifs is 1. The average molecular weight is 217 g/mol. The van der Waals surface area contributed by atoms with E-state index in [1.807, 2.05) is 24.3 Å². The maximum Gasteiger partial charge on any atom is 0.414 e. The fraction of sp³-hybridized carbons (Fsp3) is 0.182. The summed E-state index contributed by atoms with van der Waals surface area (Å²) < 4.78 is 4.73. The lowest BCUT2D eigenvalue weighted by atomic mass is 10.2. The molecule has 16 heavy (non-hydrogen) atoms. The van der Waals surface area contributed by atoms with Crippen LogP contribution in [0.4, 0.5) is 10.7 Å². The van der Waals surface area contributed by atoms with E-state index in [9.17, 15) is 4.79 Å². The van der Waals surface area contributed by atoms with Gasteiger partial charge in [0.25, 0.3) is 0 Å². The largest absolute Gasteiger partial charge is 0.450 e. The van der Waals surface area contributed by atoms with Crippen molar-refractivity contribution in [2.45, 2.75) is 6.92 Å². The van der Waals surface area contributed by atoms with E-state index in [2.05, 4.69) is 15.3 Å². The van der Waals surface area contributed by atoms with Crippen LogP contribution in [0.15, 0.2) is 30.5 Å². The van der Waals surface area contributed by atoms with Crippen molar-refractivity contribution in [3.8, 4) is 0 Å². The summed E-state index contributed by atoms with van der Waals surface area (Å²) in [5.74, 6) is 0.247. The number of anilines is 1. The Kier molecular flexibility index (Phi) is 2.95. The molecule has 0 saturated heterocycles. The van der Waals surface area contributed by atoms with Gasteiger partial charge in [-0.3, -0.25) is 5.32 Å². The molecule has 1 amide bonds. The van der Waals surface area contributed by atoms with Gasteiger partial charge in [-0.2, -0.15) is 0 Å². The standard InChI is InChI=1S/C11H11N3O2/c1-2-16-11(15)14-10-12-7-8-5-3-4-6-9(8)13-10/h3-7H,2H2,1H3,(H,12,13,14,15). The van der Waals surface area contributed by atoms with Crippen LogP contribution in [-0.4, -0.2) is 22.7 Å². The summed E-state index contributed by atoms with van der Waals surface area (Å²) in [6.45, 7) is 2.06. The number of hydrogen-bond acceptors (Lipinski definition) is 4. The topological polar surface area (TPSA) is 64.1 Å². The Bertz CT molecular complexity index is 513. The molecule has 1 heterocycles. The molecule has 0 spiro atoms. The highest BCUT2D eigenvalue weighted by Gasteiger charge is 2.04. The number of amides is 1. The van der Waals surface area contributed by atoms with Crippen LogP contribution in [0.25, 0.3) is 10.9 Å². The number of carbonyl (C=O) groups is 1. The second kappa shape index (κ2) is 4.57. The minimum atomic E-state index is -0.544. The molecule has 0 saturated carbocycles. The summed E-state index contributed by atoms with van der Waals surface area (Å²) in [5, 5.41) is 3.38. The normalized spacial score (nSPS) is 10.1. The molecule has 1 N–H and O–H groups in total. The second-order valence-corrected chi connectivity index (χ2v) is 3.10. The van der Waals surface area contributed by atoms with E-state index in [1.165, 1.54) is 0 Å². The lowest BCUT2D eigenvalue weighted by molar-refractivity contribution is 0.167. The third-order valence-electron chi connectivity index (χ3n) is 1.98. The van der Waals surface area contributed by atoms with E-state index in [1.54, 1.807) is 13.1 Å². The van der Waals surface area contributed by atoms with Crippen molar-refractivity contribution in [2.75, 3.05) is 11.9 Å². The molecule has 2 rings (SSSR count). The van der Waals surface area contributed by atoms with Gasteiger partial charge >= 0.3 is 6.09 Å². The monoisotopic (exact) mass is 217 g/mol. The van der Waals surface area contributed by atoms with Crippen molar-refractivity contribution in [3.63, 3.8) is 0 Å². The van der Waals surface area contributed by atoms with Crippen LogP contribution >= 0.6 is 0 Å². The van der Waals surface area contributed by atoms with Gasteiger partial charge in [-0.05, 0) is 13.0 Å². The third kappa shape index (κ3) is 2.25. The number of carbonyl (C=O) groups excluding carboxylic acids is 1. The van der Waals surface area contributed by atoms with Crippen LogP contribution < -0.4 is 5.32 Å². The van der Waals surface area contributed by atoms with Crippen molar-refractivity contribution in [1.29, 1.82) is 0 Å². The summed E-state index contributed by atoms with van der Waals surface area (Å²) in [5.41, 5.74) is 0.782. The SMILES string of the molecule is CCOC(=O)Nc1ncc2ccccc2n1. The van der Waals surface area contributed by atoms with Gasteiger partial charge in [0.2, 0.25) is 5.95 Å². The summed E-state index contributed by atoms with van der Waals surface area (Å²) in [6.07, 6.45) is 1.11. The van der Waals surface area contributed by atoms with Crippen molar-refractivity contribution in [1.82, 2.24) is 9.97 Å². The van der Waals surface area contributed by atoms with Gasteiger partial charge in [0, 0.05) is 11.6 Å². The fourth-order valence-electron chi connectivity index (χ4n) is 1.29. The van der Waals surface area contributed by atoms with Gasteiger partial charge in [0.1, 0.15) is 0 Å². The molecule has 0 aliphatic heterocycles. The van der Waals surface area contributed by atoms with Crippen LogP contribution in [0, 0.1) is 0 Å². The minimum Gasteiger partial charge on any atom is -0.450 e. The molecule has 0 atom stereocenters. The predicted molar refractivity (Wildman–Crippen MR) is 60.2 cm³/mol. The maximum absolute atomic E-state index is 11.1. The summed E-state index contributed by atoms with van der Waals surface area (Å²) in [6, 6.07) is 7.55. The molecule has 2 aromatic rings. The second-order valence-electron chi connectivity index (χ2n) is 3.10. The molecule has 82 valence electrons. The zero-order valence-corrected chi connectivity index (χ0v) is 8.80. The summed E-state index contributed by atoms with van der Waals surface area (Å²) >= 11 is 0. The molecule has 5 heteroatoms. The average Bonchev–Trinajstić information content (AvgIpc) is 2.29. The molecule has 1 aromatic heterocycles. The third-order valence-corrected chi connectivity index (χ3v) is 1.98. The number of benzene rings is 1. The van der Waals surface area contributed by atoms with E-state index in [0.29, 0.717) is 6.61 Å². The summed E-state index contributed by atoms with van der Waals surface area (Å²) in [4.78, 5) is 19.3. The number of aromatic nitrogens is 2. The van der Waals surface area contributed by atoms with Crippen molar-refractivity contribution in [2.24, 2.45) is 0 Å². The lowest BCUT2D eigenvalue weighted by Gasteiger charge is -2.04. The molecule has 0 aliphatic carbocycles. The Morgan fingerprint density at radius 3 is 3.06 bits per heavy atom. The number of nitrogens with one attached hydrogen (secondary N) is 1. The van der Waals surface area contributed by atoms with Crippen molar-refractivity contribution >= 4 is 22.9 Å². The minimum absolute atomic E-state index is 0.247. The first-order valence-corrected chi connectivity index (χ1v) is 4.95. The van der Waals surface area contributed by atoms with E-state index in [4.69, 9.17) is 4.74 Å². The van der Waals surface area contributed by atoms with Crippen LogP contribution in [0.5, 0.6) is 0 Å². The molecule has 0 radical (unpaired) electrons.